The molecule has 13 heteroatoms. The van der Waals surface area contributed by atoms with E-state index in [9.17, 15) is 28.5 Å². The van der Waals surface area contributed by atoms with Crippen LogP contribution in [0.5, 0.6) is 11.5 Å². The zero-order valence-corrected chi connectivity index (χ0v) is 16.4. The van der Waals surface area contributed by atoms with Gasteiger partial charge in [0.05, 0.1) is 30.2 Å². The molecular weight excluding hydrogens is 426 g/mol. The topological polar surface area (TPSA) is 128 Å². The maximum Gasteiger partial charge on any atom is 0.387 e. The van der Waals surface area contributed by atoms with E-state index in [2.05, 4.69) is 14.7 Å². The van der Waals surface area contributed by atoms with Gasteiger partial charge in [0.15, 0.2) is 11.5 Å². The predicted molar refractivity (Wildman–Crippen MR) is 102 cm³/mol. The summed E-state index contributed by atoms with van der Waals surface area (Å²) in [6.07, 6.45) is 0. The summed E-state index contributed by atoms with van der Waals surface area (Å²) in [5, 5.41) is 13.1. The zero-order chi connectivity index (χ0) is 22.0. The first kappa shape index (κ1) is 21.1. The number of fused-ring (bicyclic) bond motifs is 1. The lowest BCUT2D eigenvalue weighted by molar-refractivity contribution is -0.385. The Morgan fingerprint density at radius 1 is 1.40 bits per heavy atom. The number of thiophene rings is 1. The minimum absolute atomic E-state index is 0.158. The van der Waals surface area contributed by atoms with Gasteiger partial charge in [-0.05, 0) is 11.4 Å². The number of aromatic nitrogens is 2. The van der Waals surface area contributed by atoms with Crippen LogP contribution in [0.15, 0.2) is 28.4 Å². The van der Waals surface area contributed by atoms with Crippen LogP contribution in [0.1, 0.15) is 16.2 Å². The fourth-order valence-electron chi connectivity index (χ4n) is 2.72. The number of hydrogen-bond donors (Lipinski definition) is 1. The lowest BCUT2D eigenvalue weighted by Crippen LogP contribution is -2.29. The summed E-state index contributed by atoms with van der Waals surface area (Å²) in [5.74, 6) is -1.48. The Kier molecular flexibility index (Phi) is 5.91. The first-order valence-corrected chi connectivity index (χ1v) is 9.12. The van der Waals surface area contributed by atoms with E-state index in [4.69, 9.17) is 4.74 Å². The lowest BCUT2D eigenvalue weighted by atomic mass is 10.1. The molecule has 0 fully saturated rings. The molecule has 3 aromatic rings. The highest BCUT2D eigenvalue weighted by Crippen LogP contribution is 2.36. The molecule has 0 radical (unpaired) electrons. The molecule has 0 saturated carbocycles. The number of nitro groups is 1. The van der Waals surface area contributed by atoms with Gasteiger partial charge in [0.1, 0.15) is 16.1 Å². The molecule has 0 saturated heterocycles. The number of carbonyl (C=O) groups is 1. The van der Waals surface area contributed by atoms with Crippen molar-refractivity contribution < 1.29 is 28.0 Å². The van der Waals surface area contributed by atoms with Gasteiger partial charge >= 0.3 is 6.61 Å². The molecule has 0 spiro atoms. The van der Waals surface area contributed by atoms with Gasteiger partial charge in [-0.3, -0.25) is 19.7 Å². The molecule has 30 heavy (non-hydrogen) atoms. The number of benzene rings is 1. The number of H-pyrrole nitrogens is 1. The number of nitrogens with zero attached hydrogens (tertiary/aromatic N) is 3. The minimum Gasteiger partial charge on any atom is -0.493 e. The van der Waals surface area contributed by atoms with Gasteiger partial charge in [-0.2, -0.15) is 8.78 Å². The highest BCUT2D eigenvalue weighted by molar-refractivity contribution is 7.17. The van der Waals surface area contributed by atoms with Crippen LogP contribution in [0.4, 0.5) is 14.5 Å². The number of alkyl halides is 2. The number of rotatable bonds is 7. The summed E-state index contributed by atoms with van der Waals surface area (Å²) in [5.41, 5.74) is -1.05. The van der Waals surface area contributed by atoms with Gasteiger partial charge in [0, 0.05) is 13.1 Å². The van der Waals surface area contributed by atoms with E-state index in [-0.39, 0.29) is 23.7 Å². The molecule has 1 aromatic carbocycles. The van der Waals surface area contributed by atoms with Crippen LogP contribution in [-0.4, -0.2) is 46.5 Å². The molecule has 1 amide bonds. The molecule has 1 N–H and O–H groups in total. The Balaban J connectivity index is 1.95. The van der Waals surface area contributed by atoms with Crippen molar-refractivity contribution >= 4 is 33.1 Å². The lowest BCUT2D eigenvalue weighted by Gasteiger charge is -2.18. The molecule has 2 heterocycles. The number of nitrogens with one attached hydrogen (secondary N) is 1. The fraction of sp³-hybridized carbons (Fsp3) is 0.235. The summed E-state index contributed by atoms with van der Waals surface area (Å²) >= 11 is 1.22. The molecule has 0 aliphatic heterocycles. The van der Waals surface area contributed by atoms with Crippen molar-refractivity contribution in [2.45, 2.75) is 13.2 Å². The number of methoxy groups -OCH3 is 1. The van der Waals surface area contributed by atoms with Crippen molar-refractivity contribution in [1.82, 2.24) is 14.9 Å². The summed E-state index contributed by atoms with van der Waals surface area (Å²) in [6, 6.07) is 3.30. The van der Waals surface area contributed by atoms with Gasteiger partial charge in [0.2, 0.25) is 0 Å². The van der Waals surface area contributed by atoms with Gasteiger partial charge in [-0.15, -0.1) is 11.3 Å². The van der Waals surface area contributed by atoms with Crippen molar-refractivity contribution in [3.8, 4) is 11.5 Å². The number of ether oxygens (including phenoxy) is 2. The molecule has 0 aliphatic rings. The number of nitro benzene ring substituents is 1. The van der Waals surface area contributed by atoms with Crippen LogP contribution in [-0.2, 0) is 6.54 Å². The Labute approximate surface area is 170 Å². The maximum absolute atomic E-state index is 12.8. The van der Waals surface area contributed by atoms with Crippen LogP contribution in [0, 0.1) is 10.1 Å². The van der Waals surface area contributed by atoms with E-state index in [0.29, 0.717) is 16.3 Å². The van der Waals surface area contributed by atoms with Gasteiger partial charge < -0.3 is 19.4 Å². The minimum atomic E-state index is -3.24. The van der Waals surface area contributed by atoms with E-state index < -0.39 is 34.4 Å². The third-order valence-electron chi connectivity index (χ3n) is 4.02. The van der Waals surface area contributed by atoms with Crippen LogP contribution in [0.25, 0.3) is 10.2 Å². The predicted octanol–water partition coefficient (Wildman–Crippen LogP) is 2.78. The zero-order valence-electron chi connectivity index (χ0n) is 15.5. The summed E-state index contributed by atoms with van der Waals surface area (Å²) in [6.45, 7) is -3.40. The number of amides is 1. The average Bonchev–Trinajstić information content (AvgIpc) is 3.15. The van der Waals surface area contributed by atoms with Crippen molar-refractivity contribution in [2.24, 2.45) is 0 Å². The first-order chi connectivity index (χ1) is 14.2. The summed E-state index contributed by atoms with van der Waals surface area (Å²) in [4.78, 5) is 43.3. The fourth-order valence-corrected chi connectivity index (χ4v) is 3.44. The maximum atomic E-state index is 12.8. The van der Waals surface area contributed by atoms with E-state index in [1.165, 1.54) is 18.4 Å². The monoisotopic (exact) mass is 440 g/mol. The highest BCUT2D eigenvalue weighted by Gasteiger charge is 2.28. The average molecular weight is 440 g/mol. The van der Waals surface area contributed by atoms with Gasteiger partial charge in [0.25, 0.3) is 17.2 Å². The third kappa shape index (κ3) is 4.20. The number of aromatic amines is 1. The van der Waals surface area contributed by atoms with E-state index in [1.54, 1.807) is 11.4 Å². The van der Waals surface area contributed by atoms with Crippen molar-refractivity contribution in [3.63, 3.8) is 0 Å². The van der Waals surface area contributed by atoms with Gasteiger partial charge in [-0.1, -0.05) is 0 Å². The molecular formula is C17H14F2N4O6S. The molecule has 0 unspecified atom stereocenters. The van der Waals surface area contributed by atoms with E-state index in [1.807, 2.05) is 0 Å². The summed E-state index contributed by atoms with van der Waals surface area (Å²) in [7, 11) is 2.49. The second-order valence-corrected chi connectivity index (χ2v) is 6.88. The van der Waals surface area contributed by atoms with Crippen molar-refractivity contribution in [3.05, 3.63) is 55.4 Å². The number of carbonyl (C=O) groups excluding carboxylic acids is 1. The SMILES string of the molecule is COc1cc(C(=O)N(C)Cc2nc3ccsc3c(=O)[nH]2)c([N+](=O)[O-])cc1OC(F)F. The van der Waals surface area contributed by atoms with Crippen LogP contribution in [0.2, 0.25) is 0 Å². The number of hydrogen-bond acceptors (Lipinski definition) is 8. The van der Waals surface area contributed by atoms with Crippen LogP contribution in [0.3, 0.4) is 0 Å². The summed E-state index contributed by atoms with van der Waals surface area (Å²) < 4.78 is 34.7. The molecule has 10 nitrogen and oxygen atoms in total. The second-order valence-electron chi connectivity index (χ2n) is 5.96. The van der Waals surface area contributed by atoms with E-state index in [0.717, 1.165) is 18.1 Å². The molecule has 158 valence electrons. The molecule has 3 rings (SSSR count). The second kappa shape index (κ2) is 8.41. The third-order valence-corrected chi connectivity index (χ3v) is 4.93. The van der Waals surface area contributed by atoms with Crippen molar-refractivity contribution in [1.29, 1.82) is 0 Å². The highest BCUT2D eigenvalue weighted by atomic mass is 32.1. The Morgan fingerprint density at radius 3 is 2.77 bits per heavy atom. The van der Waals surface area contributed by atoms with Crippen molar-refractivity contribution in [2.75, 3.05) is 14.2 Å². The first-order valence-electron chi connectivity index (χ1n) is 8.24. The smallest absolute Gasteiger partial charge is 0.387 e. The van der Waals surface area contributed by atoms with E-state index >= 15 is 0 Å². The molecule has 2 aromatic heterocycles. The Bertz CT molecular complexity index is 1180. The Morgan fingerprint density at radius 2 is 2.13 bits per heavy atom. The number of halogens is 2. The Hall–Kier alpha value is -3.61. The largest absolute Gasteiger partial charge is 0.493 e. The molecule has 0 aliphatic carbocycles. The molecule has 0 bridgehead atoms. The van der Waals surface area contributed by atoms with Gasteiger partial charge in [-0.25, -0.2) is 4.98 Å². The van der Waals surface area contributed by atoms with Crippen LogP contribution < -0.4 is 15.0 Å². The standard InChI is InChI=1S/C17H14F2N4O6S/c1-22(7-13-20-9-3-4-30-14(9)15(24)21-13)16(25)8-5-11(28-2)12(29-17(18)19)6-10(8)23(26)27/h3-6,17H,7H2,1-2H3,(H,20,21,24). The van der Waals surface area contributed by atoms with Crippen LogP contribution >= 0.6 is 11.3 Å². The normalized spacial score (nSPS) is 11.0. The molecule has 0 atom stereocenters. The quantitative estimate of drug-likeness (QED) is 0.442.